The molecule has 0 spiro atoms. The van der Waals surface area contributed by atoms with E-state index in [0.717, 1.165) is 0 Å². The van der Waals surface area contributed by atoms with Crippen LogP contribution in [0.4, 0.5) is 5.69 Å². The van der Waals surface area contributed by atoms with Crippen LogP contribution < -0.4 is 20.1 Å². The number of amides is 1. The van der Waals surface area contributed by atoms with Gasteiger partial charge in [0.1, 0.15) is 17.1 Å². The van der Waals surface area contributed by atoms with E-state index in [9.17, 15) is 4.79 Å². The first-order chi connectivity index (χ1) is 7.77. The molecule has 5 heteroatoms. The van der Waals surface area contributed by atoms with Gasteiger partial charge < -0.3 is 20.1 Å². The number of carbonyl (C=O) groups excluding carboxylic acids is 1. The van der Waals surface area contributed by atoms with E-state index in [-0.39, 0.29) is 5.91 Å². The van der Waals surface area contributed by atoms with Crippen LogP contribution in [0.15, 0.2) is 12.1 Å². The van der Waals surface area contributed by atoms with E-state index < -0.39 is 0 Å². The third kappa shape index (κ3) is 1.64. The van der Waals surface area contributed by atoms with Crippen LogP contribution in [0, 0.1) is 0 Å². The number of fused-ring (bicyclic) bond motifs is 1. The quantitative estimate of drug-likeness (QED) is 0.779. The van der Waals surface area contributed by atoms with Gasteiger partial charge in [-0.1, -0.05) is 0 Å². The molecule has 16 heavy (non-hydrogen) atoms. The molecular formula is C11H14N2O3. The van der Waals surface area contributed by atoms with Crippen molar-refractivity contribution in [3.8, 4) is 11.5 Å². The maximum atomic E-state index is 11.9. The summed E-state index contributed by atoms with van der Waals surface area (Å²) in [4.78, 5) is 11.9. The van der Waals surface area contributed by atoms with E-state index in [1.54, 1.807) is 26.4 Å². The lowest BCUT2D eigenvalue weighted by molar-refractivity contribution is 0.0955. The van der Waals surface area contributed by atoms with Gasteiger partial charge in [0.05, 0.1) is 19.9 Å². The van der Waals surface area contributed by atoms with E-state index in [2.05, 4.69) is 10.6 Å². The van der Waals surface area contributed by atoms with Crippen molar-refractivity contribution < 1.29 is 14.3 Å². The van der Waals surface area contributed by atoms with E-state index in [4.69, 9.17) is 9.47 Å². The SMILES string of the molecule is COc1ccc(OC)c2c1NCCNC2=O. The molecule has 5 nitrogen and oxygen atoms in total. The number of benzene rings is 1. The Morgan fingerprint density at radius 2 is 1.69 bits per heavy atom. The topological polar surface area (TPSA) is 59.6 Å². The summed E-state index contributed by atoms with van der Waals surface area (Å²) in [5.74, 6) is 1.05. The Morgan fingerprint density at radius 1 is 1.06 bits per heavy atom. The van der Waals surface area contributed by atoms with Crippen LogP contribution in [0.2, 0.25) is 0 Å². The summed E-state index contributed by atoms with van der Waals surface area (Å²) in [6.45, 7) is 1.25. The van der Waals surface area contributed by atoms with Gasteiger partial charge in [0.25, 0.3) is 5.91 Å². The van der Waals surface area contributed by atoms with Gasteiger partial charge in [-0.05, 0) is 12.1 Å². The summed E-state index contributed by atoms with van der Waals surface area (Å²) in [6.07, 6.45) is 0. The molecule has 0 bridgehead atoms. The molecule has 0 aromatic heterocycles. The van der Waals surface area contributed by atoms with Crippen LogP contribution in [0.25, 0.3) is 0 Å². The first-order valence-electron chi connectivity index (χ1n) is 5.05. The molecule has 2 N–H and O–H groups in total. The zero-order valence-electron chi connectivity index (χ0n) is 9.29. The normalized spacial score (nSPS) is 14.2. The monoisotopic (exact) mass is 222 g/mol. The van der Waals surface area contributed by atoms with Crippen molar-refractivity contribution in [3.05, 3.63) is 17.7 Å². The smallest absolute Gasteiger partial charge is 0.257 e. The minimum atomic E-state index is -0.143. The molecule has 1 amide bonds. The van der Waals surface area contributed by atoms with Gasteiger partial charge in [-0.3, -0.25) is 4.79 Å². The highest BCUT2D eigenvalue weighted by Crippen LogP contribution is 2.35. The maximum Gasteiger partial charge on any atom is 0.257 e. The highest BCUT2D eigenvalue weighted by atomic mass is 16.5. The van der Waals surface area contributed by atoms with Gasteiger partial charge >= 0.3 is 0 Å². The van der Waals surface area contributed by atoms with Crippen molar-refractivity contribution in [1.82, 2.24) is 5.32 Å². The molecule has 1 aromatic carbocycles. The predicted molar refractivity (Wildman–Crippen MR) is 60.4 cm³/mol. The van der Waals surface area contributed by atoms with Gasteiger partial charge in [-0.25, -0.2) is 0 Å². The first-order valence-corrected chi connectivity index (χ1v) is 5.05. The Bertz CT molecular complexity index is 418. The first kappa shape index (κ1) is 10.6. The summed E-state index contributed by atoms with van der Waals surface area (Å²) >= 11 is 0. The van der Waals surface area contributed by atoms with Gasteiger partial charge in [-0.15, -0.1) is 0 Å². The second-order valence-electron chi connectivity index (χ2n) is 3.40. The van der Waals surface area contributed by atoms with Crippen molar-refractivity contribution in [2.75, 3.05) is 32.6 Å². The number of methoxy groups -OCH3 is 2. The van der Waals surface area contributed by atoms with Crippen molar-refractivity contribution in [2.45, 2.75) is 0 Å². The van der Waals surface area contributed by atoms with E-state index >= 15 is 0 Å². The largest absolute Gasteiger partial charge is 0.496 e. The van der Waals surface area contributed by atoms with Crippen LogP contribution in [-0.2, 0) is 0 Å². The number of ether oxygens (including phenoxy) is 2. The van der Waals surface area contributed by atoms with Crippen LogP contribution in [0.1, 0.15) is 10.4 Å². The van der Waals surface area contributed by atoms with Gasteiger partial charge in [0.2, 0.25) is 0 Å². The van der Waals surface area contributed by atoms with Crippen LogP contribution in [0.5, 0.6) is 11.5 Å². The van der Waals surface area contributed by atoms with Crippen molar-refractivity contribution in [2.24, 2.45) is 0 Å². The fraction of sp³-hybridized carbons (Fsp3) is 0.364. The molecule has 0 saturated heterocycles. The molecule has 0 aliphatic carbocycles. The molecule has 1 aromatic rings. The fourth-order valence-corrected chi connectivity index (χ4v) is 1.76. The molecule has 1 heterocycles. The van der Waals surface area contributed by atoms with E-state index in [1.807, 2.05) is 0 Å². The second-order valence-corrected chi connectivity index (χ2v) is 3.40. The fourth-order valence-electron chi connectivity index (χ4n) is 1.76. The van der Waals surface area contributed by atoms with Crippen molar-refractivity contribution >= 4 is 11.6 Å². The molecule has 86 valence electrons. The molecular weight excluding hydrogens is 208 g/mol. The zero-order chi connectivity index (χ0) is 11.5. The van der Waals surface area contributed by atoms with Crippen LogP contribution in [-0.4, -0.2) is 33.2 Å². The molecule has 1 aliphatic rings. The molecule has 0 unspecified atom stereocenters. The van der Waals surface area contributed by atoms with Gasteiger partial charge in [-0.2, -0.15) is 0 Å². The van der Waals surface area contributed by atoms with Crippen LogP contribution in [0.3, 0.4) is 0 Å². The minimum Gasteiger partial charge on any atom is -0.496 e. The number of hydrogen-bond donors (Lipinski definition) is 2. The average molecular weight is 222 g/mol. The van der Waals surface area contributed by atoms with Gasteiger partial charge in [0.15, 0.2) is 0 Å². The summed E-state index contributed by atoms with van der Waals surface area (Å²) in [5, 5.41) is 5.95. The molecule has 0 saturated carbocycles. The summed E-state index contributed by atoms with van der Waals surface area (Å²) < 4.78 is 10.4. The Labute approximate surface area is 93.7 Å². The lowest BCUT2D eigenvalue weighted by Crippen LogP contribution is -2.24. The molecule has 0 radical (unpaired) electrons. The average Bonchev–Trinajstić information content (AvgIpc) is 2.51. The Kier molecular flexibility index (Phi) is 2.85. The Hall–Kier alpha value is -1.91. The summed E-state index contributed by atoms with van der Waals surface area (Å²) in [7, 11) is 3.12. The highest BCUT2D eigenvalue weighted by molar-refractivity contribution is 6.04. The minimum absolute atomic E-state index is 0.143. The second kappa shape index (κ2) is 4.30. The molecule has 0 atom stereocenters. The standard InChI is InChI=1S/C11H14N2O3/c1-15-7-3-4-8(16-2)10-9(7)11(14)13-6-5-12-10/h3-4,12H,5-6H2,1-2H3,(H,13,14). The Balaban J connectivity index is 2.61. The molecule has 2 rings (SSSR count). The number of hydrogen-bond acceptors (Lipinski definition) is 4. The zero-order valence-corrected chi connectivity index (χ0v) is 9.29. The van der Waals surface area contributed by atoms with E-state index in [0.29, 0.717) is 35.8 Å². The lowest BCUT2D eigenvalue weighted by Gasteiger charge is -2.14. The third-order valence-electron chi connectivity index (χ3n) is 2.51. The lowest BCUT2D eigenvalue weighted by atomic mass is 10.1. The third-order valence-corrected chi connectivity index (χ3v) is 2.51. The Morgan fingerprint density at radius 3 is 2.38 bits per heavy atom. The van der Waals surface area contributed by atoms with E-state index in [1.165, 1.54) is 0 Å². The number of anilines is 1. The van der Waals surface area contributed by atoms with Crippen LogP contribution >= 0.6 is 0 Å². The number of rotatable bonds is 2. The summed E-state index contributed by atoms with van der Waals surface area (Å²) in [5.41, 5.74) is 1.19. The number of nitrogens with one attached hydrogen (secondary N) is 2. The van der Waals surface area contributed by atoms with Crippen molar-refractivity contribution in [3.63, 3.8) is 0 Å². The summed E-state index contributed by atoms with van der Waals surface area (Å²) in [6, 6.07) is 3.51. The van der Waals surface area contributed by atoms with Gasteiger partial charge in [0, 0.05) is 13.1 Å². The predicted octanol–water partition coefficient (Wildman–Crippen LogP) is 0.859. The highest BCUT2D eigenvalue weighted by Gasteiger charge is 2.22. The molecule has 1 aliphatic heterocycles. The number of carbonyl (C=O) groups is 1. The van der Waals surface area contributed by atoms with Crippen molar-refractivity contribution in [1.29, 1.82) is 0 Å². The maximum absolute atomic E-state index is 11.9. The molecule has 0 fully saturated rings.